The first-order chi connectivity index (χ1) is 12.1. The number of amides is 1. The molecular formula is C19H27N3O3. The number of methoxy groups -OCH3 is 1. The minimum Gasteiger partial charge on any atom is -0.497 e. The van der Waals surface area contributed by atoms with Crippen LogP contribution >= 0.6 is 0 Å². The molecule has 0 bridgehead atoms. The van der Waals surface area contributed by atoms with Crippen molar-refractivity contribution in [1.29, 1.82) is 0 Å². The predicted molar refractivity (Wildman–Crippen MR) is 98.1 cm³/mol. The highest BCUT2D eigenvalue weighted by molar-refractivity contribution is 5.99. The summed E-state index contributed by atoms with van der Waals surface area (Å²) >= 11 is 0. The fraction of sp³-hybridized carbons (Fsp3) is 0.526. The molecule has 2 N–H and O–H groups in total. The predicted octanol–water partition coefficient (Wildman–Crippen LogP) is 1.76. The van der Waals surface area contributed by atoms with Crippen molar-refractivity contribution < 1.29 is 14.6 Å². The van der Waals surface area contributed by atoms with Crippen LogP contribution in [0.2, 0.25) is 0 Å². The number of nitrogens with one attached hydrogen (secondary N) is 1. The van der Waals surface area contributed by atoms with Crippen LogP contribution in [0, 0.1) is 0 Å². The first-order valence-corrected chi connectivity index (χ1v) is 8.90. The molecule has 1 atom stereocenters. The van der Waals surface area contributed by atoms with Crippen molar-refractivity contribution in [1.82, 2.24) is 14.8 Å². The third kappa shape index (κ3) is 3.80. The van der Waals surface area contributed by atoms with E-state index in [0.717, 1.165) is 42.6 Å². The molecule has 2 aromatic rings. The number of carbonyl (C=O) groups excluding carboxylic acids is 1. The molecule has 1 aromatic heterocycles. The molecule has 1 aliphatic rings. The molecule has 0 spiro atoms. The van der Waals surface area contributed by atoms with E-state index in [0.29, 0.717) is 12.2 Å². The lowest BCUT2D eigenvalue weighted by atomic mass is 10.0. The van der Waals surface area contributed by atoms with Crippen molar-refractivity contribution in [2.75, 3.05) is 33.4 Å². The van der Waals surface area contributed by atoms with Crippen LogP contribution in [0.1, 0.15) is 29.8 Å². The SMILES string of the molecule is COc1ccc2c(c1)cc(C(=O)NCCN1CCCC[C@H]1CO)n2C. The fourth-order valence-corrected chi connectivity index (χ4v) is 3.64. The molecule has 1 aliphatic heterocycles. The summed E-state index contributed by atoms with van der Waals surface area (Å²) in [6.45, 7) is 2.54. The van der Waals surface area contributed by atoms with Gasteiger partial charge in [-0.05, 0) is 43.7 Å². The zero-order valence-corrected chi connectivity index (χ0v) is 15.0. The van der Waals surface area contributed by atoms with Crippen LogP contribution in [0.5, 0.6) is 5.75 Å². The van der Waals surface area contributed by atoms with E-state index in [9.17, 15) is 9.90 Å². The maximum absolute atomic E-state index is 12.6. The number of aryl methyl sites for hydroxylation is 1. The van der Waals surface area contributed by atoms with Crippen LogP contribution in [-0.4, -0.2) is 59.9 Å². The number of benzene rings is 1. The van der Waals surface area contributed by atoms with Gasteiger partial charge in [-0.3, -0.25) is 9.69 Å². The van der Waals surface area contributed by atoms with Crippen LogP contribution in [0.15, 0.2) is 24.3 Å². The number of rotatable bonds is 6. The number of aliphatic hydroxyl groups is 1. The minimum atomic E-state index is -0.0739. The molecule has 6 heteroatoms. The lowest BCUT2D eigenvalue weighted by molar-refractivity contribution is 0.0845. The molecule has 6 nitrogen and oxygen atoms in total. The fourth-order valence-electron chi connectivity index (χ4n) is 3.64. The van der Waals surface area contributed by atoms with Gasteiger partial charge in [0.05, 0.1) is 13.7 Å². The Kier molecular flexibility index (Phi) is 5.60. The molecule has 2 heterocycles. The lowest BCUT2D eigenvalue weighted by Gasteiger charge is -2.34. The first-order valence-electron chi connectivity index (χ1n) is 8.90. The third-order valence-electron chi connectivity index (χ3n) is 5.13. The standard InChI is InChI=1S/C19H27N3O3/c1-21-17-7-6-16(25-2)11-14(17)12-18(21)19(24)20-8-10-22-9-4-3-5-15(22)13-23/h6-7,11-12,15,23H,3-5,8-10,13H2,1-2H3,(H,20,24)/t15-/m0/s1. The smallest absolute Gasteiger partial charge is 0.267 e. The summed E-state index contributed by atoms with van der Waals surface area (Å²) in [7, 11) is 3.54. The van der Waals surface area contributed by atoms with Gasteiger partial charge < -0.3 is 19.7 Å². The highest BCUT2D eigenvalue weighted by atomic mass is 16.5. The molecule has 1 amide bonds. The molecule has 25 heavy (non-hydrogen) atoms. The minimum absolute atomic E-state index is 0.0739. The van der Waals surface area contributed by atoms with E-state index in [4.69, 9.17) is 4.74 Å². The first kappa shape index (κ1) is 17.8. The average molecular weight is 345 g/mol. The molecule has 1 fully saturated rings. The Morgan fingerprint density at radius 1 is 1.36 bits per heavy atom. The monoisotopic (exact) mass is 345 g/mol. The van der Waals surface area contributed by atoms with Crippen LogP contribution in [-0.2, 0) is 7.05 Å². The van der Waals surface area contributed by atoms with Gasteiger partial charge in [0.2, 0.25) is 0 Å². The van der Waals surface area contributed by atoms with Crippen molar-refractivity contribution in [2.24, 2.45) is 7.05 Å². The second-order valence-corrected chi connectivity index (χ2v) is 6.64. The Labute approximate surface area is 148 Å². The number of hydrogen-bond acceptors (Lipinski definition) is 4. The van der Waals surface area contributed by atoms with Gasteiger partial charge in [-0.25, -0.2) is 0 Å². The van der Waals surface area contributed by atoms with E-state index in [-0.39, 0.29) is 18.6 Å². The van der Waals surface area contributed by atoms with Gasteiger partial charge in [0, 0.05) is 37.1 Å². The molecule has 3 rings (SSSR count). The molecular weight excluding hydrogens is 318 g/mol. The molecule has 0 unspecified atom stereocenters. The third-order valence-corrected chi connectivity index (χ3v) is 5.13. The maximum Gasteiger partial charge on any atom is 0.267 e. The zero-order chi connectivity index (χ0) is 17.8. The summed E-state index contributed by atoms with van der Waals surface area (Å²) in [4.78, 5) is 14.8. The number of ether oxygens (including phenoxy) is 1. The molecule has 0 aliphatic carbocycles. The summed E-state index contributed by atoms with van der Waals surface area (Å²) in [6.07, 6.45) is 3.37. The topological polar surface area (TPSA) is 66.7 Å². The Balaban J connectivity index is 1.63. The van der Waals surface area contributed by atoms with E-state index in [1.165, 1.54) is 6.42 Å². The van der Waals surface area contributed by atoms with Gasteiger partial charge in [-0.1, -0.05) is 6.42 Å². The maximum atomic E-state index is 12.6. The highest BCUT2D eigenvalue weighted by Crippen LogP contribution is 2.23. The molecule has 0 radical (unpaired) electrons. The quantitative estimate of drug-likeness (QED) is 0.837. The van der Waals surface area contributed by atoms with Gasteiger partial charge in [-0.2, -0.15) is 0 Å². The van der Waals surface area contributed by atoms with Gasteiger partial charge in [0.1, 0.15) is 11.4 Å². The Morgan fingerprint density at radius 2 is 2.20 bits per heavy atom. The van der Waals surface area contributed by atoms with Gasteiger partial charge >= 0.3 is 0 Å². The Hall–Kier alpha value is -2.05. The number of aromatic nitrogens is 1. The van der Waals surface area contributed by atoms with Crippen molar-refractivity contribution in [3.63, 3.8) is 0 Å². The van der Waals surface area contributed by atoms with E-state index in [1.807, 2.05) is 35.9 Å². The van der Waals surface area contributed by atoms with Gasteiger partial charge in [-0.15, -0.1) is 0 Å². The summed E-state index contributed by atoms with van der Waals surface area (Å²) in [6, 6.07) is 7.92. The molecule has 136 valence electrons. The summed E-state index contributed by atoms with van der Waals surface area (Å²) in [5, 5.41) is 13.5. The van der Waals surface area contributed by atoms with E-state index in [2.05, 4.69) is 10.2 Å². The molecule has 1 saturated heterocycles. The average Bonchev–Trinajstić information content (AvgIpc) is 2.98. The normalized spacial score (nSPS) is 18.4. The van der Waals surface area contributed by atoms with E-state index < -0.39 is 0 Å². The number of piperidine rings is 1. The largest absolute Gasteiger partial charge is 0.497 e. The Morgan fingerprint density at radius 3 is 2.96 bits per heavy atom. The van der Waals surface area contributed by atoms with Crippen LogP contribution in [0.3, 0.4) is 0 Å². The second kappa shape index (κ2) is 7.89. The van der Waals surface area contributed by atoms with E-state index >= 15 is 0 Å². The zero-order valence-electron chi connectivity index (χ0n) is 15.0. The number of likely N-dealkylation sites (tertiary alicyclic amines) is 1. The number of fused-ring (bicyclic) bond motifs is 1. The van der Waals surface area contributed by atoms with Crippen molar-refractivity contribution in [2.45, 2.75) is 25.3 Å². The number of carbonyl (C=O) groups is 1. The van der Waals surface area contributed by atoms with Crippen molar-refractivity contribution in [3.8, 4) is 5.75 Å². The molecule has 1 aromatic carbocycles. The summed E-state index contributed by atoms with van der Waals surface area (Å²) in [5.41, 5.74) is 1.64. The summed E-state index contributed by atoms with van der Waals surface area (Å²) in [5.74, 6) is 0.709. The van der Waals surface area contributed by atoms with Gasteiger partial charge in [0.15, 0.2) is 0 Å². The highest BCUT2D eigenvalue weighted by Gasteiger charge is 2.21. The lowest BCUT2D eigenvalue weighted by Crippen LogP contribution is -2.45. The van der Waals surface area contributed by atoms with E-state index in [1.54, 1.807) is 7.11 Å². The van der Waals surface area contributed by atoms with Gasteiger partial charge in [0.25, 0.3) is 5.91 Å². The van der Waals surface area contributed by atoms with Crippen LogP contribution in [0.25, 0.3) is 10.9 Å². The second-order valence-electron chi connectivity index (χ2n) is 6.64. The number of aliphatic hydroxyl groups excluding tert-OH is 1. The summed E-state index contributed by atoms with van der Waals surface area (Å²) < 4.78 is 7.15. The van der Waals surface area contributed by atoms with Crippen LogP contribution in [0.4, 0.5) is 0 Å². The Bertz CT molecular complexity index is 741. The number of nitrogens with zero attached hydrogens (tertiary/aromatic N) is 2. The van der Waals surface area contributed by atoms with Crippen LogP contribution < -0.4 is 10.1 Å². The number of hydrogen-bond donors (Lipinski definition) is 2. The van der Waals surface area contributed by atoms with Crippen molar-refractivity contribution in [3.05, 3.63) is 30.0 Å². The molecule has 0 saturated carbocycles. The van der Waals surface area contributed by atoms with Crippen molar-refractivity contribution >= 4 is 16.8 Å².